The van der Waals surface area contributed by atoms with Crippen molar-refractivity contribution in [3.05, 3.63) is 64.6 Å². The van der Waals surface area contributed by atoms with Crippen LogP contribution in [0.25, 0.3) is 5.65 Å². The molecule has 0 unspecified atom stereocenters. The Hall–Kier alpha value is -2.40. The molecule has 0 radical (unpaired) electrons. The Balaban J connectivity index is 1.62. The highest BCUT2D eigenvalue weighted by molar-refractivity contribution is 6.30. The summed E-state index contributed by atoms with van der Waals surface area (Å²) < 4.78 is 1.84. The zero-order valence-corrected chi connectivity index (χ0v) is 12.8. The van der Waals surface area contributed by atoms with E-state index >= 15 is 0 Å². The molecule has 2 aromatic heterocycles. The van der Waals surface area contributed by atoms with Crippen LogP contribution in [0.15, 0.2) is 42.6 Å². The largest absolute Gasteiger partial charge is 0.352 e. The second-order valence-electron chi connectivity index (χ2n) is 5.02. The number of carbonyl (C=O) groups excluding carboxylic acids is 1. The molecule has 1 aromatic carbocycles. The third-order valence-electron chi connectivity index (χ3n) is 3.46. The van der Waals surface area contributed by atoms with E-state index in [4.69, 9.17) is 11.6 Å². The van der Waals surface area contributed by atoms with Crippen molar-refractivity contribution in [2.24, 2.45) is 0 Å². The number of fused-ring (bicyclic) bond motifs is 1. The lowest BCUT2D eigenvalue weighted by Gasteiger charge is -2.06. The Morgan fingerprint density at radius 1 is 1.23 bits per heavy atom. The minimum Gasteiger partial charge on any atom is -0.352 e. The standard InChI is InChI=1S/C16H15ClN4O/c1-11-19-20-15-10-13(7-9-21(11)15)16(22)18-8-6-12-2-4-14(17)5-3-12/h2-5,7,9-10H,6,8H2,1H3,(H,18,22). The molecule has 0 saturated carbocycles. The maximum atomic E-state index is 12.1. The number of hydrogen-bond donors (Lipinski definition) is 1. The topological polar surface area (TPSA) is 59.3 Å². The summed E-state index contributed by atoms with van der Waals surface area (Å²) in [4.78, 5) is 12.1. The summed E-state index contributed by atoms with van der Waals surface area (Å²) in [7, 11) is 0. The van der Waals surface area contributed by atoms with Gasteiger partial charge in [0.25, 0.3) is 5.91 Å². The Kier molecular flexibility index (Phi) is 4.06. The predicted molar refractivity (Wildman–Crippen MR) is 85.2 cm³/mol. The fraction of sp³-hybridized carbons (Fsp3) is 0.188. The van der Waals surface area contributed by atoms with Gasteiger partial charge >= 0.3 is 0 Å². The second kappa shape index (κ2) is 6.15. The molecule has 6 heteroatoms. The molecule has 0 saturated heterocycles. The number of pyridine rings is 1. The van der Waals surface area contributed by atoms with E-state index in [0.717, 1.165) is 17.8 Å². The molecule has 0 aliphatic heterocycles. The van der Waals surface area contributed by atoms with E-state index in [0.29, 0.717) is 22.8 Å². The van der Waals surface area contributed by atoms with Gasteiger partial charge in [-0.3, -0.25) is 9.20 Å². The lowest BCUT2D eigenvalue weighted by molar-refractivity contribution is 0.0954. The number of rotatable bonds is 4. The first kappa shape index (κ1) is 14.5. The van der Waals surface area contributed by atoms with Crippen LogP contribution in [0.1, 0.15) is 21.7 Å². The highest BCUT2D eigenvalue weighted by Crippen LogP contribution is 2.10. The number of hydrogen-bond acceptors (Lipinski definition) is 3. The van der Waals surface area contributed by atoms with E-state index in [2.05, 4.69) is 15.5 Å². The molecule has 0 aliphatic rings. The van der Waals surface area contributed by atoms with E-state index in [9.17, 15) is 4.79 Å². The summed E-state index contributed by atoms with van der Waals surface area (Å²) in [5.74, 6) is 0.682. The molecule has 3 aromatic rings. The summed E-state index contributed by atoms with van der Waals surface area (Å²) in [6.07, 6.45) is 2.56. The predicted octanol–water partition coefficient (Wildman–Crippen LogP) is 2.66. The zero-order valence-electron chi connectivity index (χ0n) is 12.1. The molecule has 0 aliphatic carbocycles. The van der Waals surface area contributed by atoms with Gasteiger partial charge in [-0.2, -0.15) is 0 Å². The lowest BCUT2D eigenvalue weighted by atomic mass is 10.1. The first-order chi connectivity index (χ1) is 10.6. The third-order valence-corrected chi connectivity index (χ3v) is 3.71. The molecule has 0 bridgehead atoms. The number of carbonyl (C=O) groups is 1. The maximum absolute atomic E-state index is 12.1. The van der Waals surface area contributed by atoms with E-state index in [1.54, 1.807) is 18.3 Å². The molecule has 0 atom stereocenters. The van der Waals surface area contributed by atoms with Crippen molar-refractivity contribution >= 4 is 23.2 Å². The quantitative estimate of drug-likeness (QED) is 0.805. The first-order valence-electron chi connectivity index (χ1n) is 6.97. The van der Waals surface area contributed by atoms with Crippen LogP contribution in [-0.4, -0.2) is 27.0 Å². The van der Waals surface area contributed by atoms with Crippen LogP contribution in [0.3, 0.4) is 0 Å². The van der Waals surface area contributed by atoms with E-state index < -0.39 is 0 Å². The number of nitrogens with zero attached hydrogens (tertiary/aromatic N) is 3. The Morgan fingerprint density at radius 2 is 2.00 bits per heavy atom. The molecule has 5 nitrogen and oxygen atoms in total. The highest BCUT2D eigenvalue weighted by atomic mass is 35.5. The Labute approximate surface area is 132 Å². The van der Waals surface area contributed by atoms with E-state index in [1.165, 1.54) is 0 Å². The average molecular weight is 315 g/mol. The molecule has 22 heavy (non-hydrogen) atoms. The number of nitrogens with one attached hydrogen (secondary N) is 1. The number of aromatic nitrogens is 3. The van der Waals surface area contributed by atoms with Crippen LogP contribution in [0, 0.1) is 6.92 Å². The average Bonchev–Trinajstić information content (AvgIpc) is 2.90. The SMILES string of the molecule is Cc1nnc2cc(C(=O)NCCc3ccc(Cl)cc3)ccn12. The number of halogens is 1. The lowest BCUT2D eigenvalue weighted by Crippen LogP contribution is -2.25. The summed E-state index contributed by atoms with van der Waals surface area (Å²) in [5.41, 5.74) is 2.38. The van der Waals surface area contributed by atoms with Crippen molar-refractivity contribution in [2.75, 3.05) is 6.54 Å². The van der Waals surface area contributed by atoms with Gasteiger partial charge in [0.15, 0.2) is 5.65 Å². The molecule has 1 N–H and O–H groups in total. The molecule has 0 fully saturated rings. The minimum atomic E-state index is -0.114. The van der Waals surface area contributed by atoms with Crippen molar-refractivity contribution in [3.8, 4) is 0 Å². The summed E-state index contributed by atoms with van der Waals surface area (Å²) in [6, 6.07) is 11.1. The molecular weight excluding hydrogens is 300 g/mol. The summed E-state index contributed by atoms with van der Waals surface area (Å²) >= 11 is 5.84. The molecule has 3 rings (SSSR count). The zero-order chi connectivity index (χ0) is 15.5. The van der Waals surface area contributed by atoms with Crippen molar-refractivity contribution < 1.29 is 4.79 Å². The van der Waals surface area contributed by atoms with Crippen LogP contribution in [0.4, 0.5) is 0 Å². The molecule has 2 heterocycles. The maximum Gasteiger partial charge on any atom is 0.251 e. The molecule has 1 amide bonds. The van der Waals surface area contributed by atoms with Crippen LogP contribution in [0.2, 0.25) is 5.02 Å². The van der Waals surface area contributed by atoms with Crippen LogP contribution < -0.4 is 5.32 Å². The van der Waals surface area contributed by atoms with Crippen molar-refractivity contribution in [2.45, 2.75) is 13.3 Å². The first-order valence-corrected chi connectivity index (χ1v) is 7.35. The fourth-order valence-electron chi connectivity index (χ4n) is 2.23. The highest BCUT2D eigenvalue weighted by Gasteiger charge is 2.08. The normalized spacial score (nSPS) is 10.8. The second-order valence-corrected chi connectivity index (χ2v) is 5.46. The monoisotopic (exact) mass is 314 g/mol. The van der Waals surface area contributed by atoms with Crippen LogP contribution >= 0.6 is 11.6 Å². The van der Waals surface area contributed by atoms with Crippen LogP contribution in [-0.2, 0) is 6.42 Å². The molecule has 0 spiro atoms. The summed E-state index contributed by atoms with van der Waals surface area (Å²) in [5, 5.41) is 11.6. The summed E-state index contributed by atoms with van der Waals surface area (Å²) in [6.45, 7) is 2.43. The van der Waals surface area contributed by atoms with Gasteiger partial charge < -0.3 is 5.32 Å². The van der Waals surface area contributed by atoms with Crippen molar-refractivity contribution in [1.82, 2.24) is 19.9 Å². The van der Waals surface area contributed by atoms with Gasteiger partial charge in [0.1, 0.15) is 5.82 Å². The number of benzene rings is 1. The smallest absolute Gasteiger partial charge is 0.251 e. The van der Waals surface area contributed by atoms with Crippen LogP contribution in [0.5, 0.6) is 0 Å². The minimum absolute atomic E-state index is 0.114. The molecular formula is C16H15ClN4O. The Morgan fingerprint density at radius 3 is 2.77 bits per heavy atom. The van der Waals surface area contributed by atoms with E-state index in [1.807, 2.05) is 35.6 Å². The van der Waals surface area contributed by atoms with Gasteiger partial charge in [-0.15, -0.1) is 10.2 Å². The van der Waals surface area contributed by atoms with Gasteiger partial charge in [-0.1, -0.05) is 23.7 Å². The fourth-order valence-corrected chi connectivity index (χ4v) is 2.35. The van der Waals surface area contributed by atoms with Gasteiger partial charge in [0.05, 0.1) is 0 Å². The Bertz CT molecular complexity index is 811. The van der Waals surface area contributed by atoms with Gasteiger partial charge in [-0.25, -0.2) is 0 Å². The van der Waals surface area contributed by atoms with Gasteiger partial charge in [0.2, 0.25) is 0 Å². The number of amides is 1. The third kappa shape index (κ3) is 3.09. The van der Waals surface area contributed by atoms with Crippen molar-refractivity contribution in [3.63, 3.8) is 0 Å². The van der Waals surface area contributed by atoms with Gasteiger partial charge in [-0.05, 0) is 43.2 Å². The van der Waals surface area contributed by atoms with Gasteiger partial charge in [0, 0.05) is 23.3 Å². The van der Waals surface area contributed by atoms with E-state index in [-0.39, 0.29) is 5.91 Å². The van der Waals surface area contributed by atoms with Crippen molar-refractivity contribution in [1.29, 1.82) is 0 Å². The number of aryl methyl sites for hydroxylation is 1. The molecule has 112 valence electrons.